The zero-order valence-corrected chi connectivity index (χ0v) is 13.7. The summed E-state index contributed by atoms with van der Waals surface area (Å²) in [6.45, 7) is 2.24. The van der Waals surface area contributed by atoms with Crippen LogP contribution in [0.15, 0.2) is 52.3 Å². The number of sulfone groups is 1. The summed E-state index contributed by atoms with van der Waals surface area (Å²) in [5, 5.41) is 0. The van der Waals surface area contributed by atoms with Crippen LogP contribution in [0.25, 0.3) is 0 Å². The van der Waals surface area contributed by atoms with E-state index in [1.165, 1.54) is 37.3 Å². The number of epoxide rings is 1. The van der Waals surface area contributed by atoms with Crippen LogP contribution in [0.3, 0.4) is 0 Å². The van der Waals surface area contributed by atoms with Crippen LogP contribution in [-0.2, 0) is 14.6 Å². The Bertz CT molecular complexity index is 888. The Hall–Kier alpha value is -2.25. The number of carbonyl (C=O) groups is 1. The number of benzene rings is 2. The smallest absolute Gasteiger partial charge is 0.206 e. The van der Waals surface area contributed by atoms with E-state index >= 15 is 0 Å². The second kappa shape index (κ2) is 6.33. The van der Waals surface area contributed by atoms with E-state index in [0.29, 0.717) is 19.0 Å². The molecule has 1 atom stereocenters. The van der Waals surface area contributed by atoms with Gasteiger partial charge in [-0.1, -0.05) is 6.07 Å². The van der Waals surface area contributed by atoms with Crippen molar-refractivity contribution in [2.45, 2.75) is 22.8 Å². The molecule has 1 fully saturated rings. The molecule has 0 aliphatic carbocycles. The molecule has 0 N–H and O–H groups in total. The van der Waals surface area contributed by atoms with E-state index in [2.05, 4.69) is 0 Å². The Labute approximate surface area is 138 Å². The quantitative estimate of drug-likeness (QED) is 0.591. The Morgan fingerprint density at radius 3 is 2.58 bits per heavy atom. The third-order valence-corrected chi connectivity index (χ3v) is 5.32. The minimum Gasteiger partial charge on any atom is -0.490 e. The van der Waals surface area contributed by atoms with E-state index in [9.17, 15) is 17.6 Å². The summed E-state index contributed by atoms with van der Waals surface area (Å²) in [5.74, 6) is -0.665. The van der Waals surface area contributed by atoms with Crippen molar-refractivity contribution in [3.8, 4) is 5.75 Å². The van der Waals surface area contributed by atoms with Gasteiger partial charge in [0.25, 0.3) is 0 Å². The van der Waals surface area contributed by atoms with Crippen LogP contribution in [0.4, 0.5) is 4.39 Å². The number of ether oxygens (including phenoxy) is 2. The molecule has 1 unspecified atom stereocenters. The van der Waals surface area contributed by atoms with E-state index in [4.69, 9.17) is 9.47 Å². The zero-order valence-electron chi connectivity index (χ0n) is 12.9. The van der Waals surface area contributed by atoms with Crippen LogP contribution in [0.2, 0.25) is 0 Å². The lowest BCUT2D eigenvalue weighted by atomic mass is 10.1. The Morgan fingerprint density at radius 1 is 1.25 bits per heavy atom. The summed E-state index contributed by atoms with van der Waals surface area (Å²) < 4.78 is 49.1. The van der Waals surface area contributed by atoms with Crippen molar-refractivity contribution in [3.05, 3.63) is 53.8 Å². The van der Waals surface area contributed by atoms with Gasteiger partial charge in [0.15, 0.2) is 5.78 Å². The fourth-order valence-electron chi connectivity index (χ4n) is 2.19. The summed E-state index contributed by atoms with van der Waals surface area (Å²) in [6, 6.07) is 8.77. The fraction of sp³-hybridized carbons (Fsp3) is 0.235. The number of rotatable bonds is 6. The van der Waals surface area contributed by atoms with Gasteiger partial charge in [0, 0.05) is 0 Å². The van der Waals surface area contributed by atoms with Gasteiger partial charge in [-0.15, -0.1) is 0 Å². The minimum absolute atomic E-state index is 0.0144. The van der Waals surface area contributed by atoms with Crippen LogP contribution < -0.4 is 4.74 Å². The predicted molar refractivity (Wildman–Crippen MR) is 83.5 cm³/mol. The number of halogens is 1. The van der Waals surface area contributed by atoms with Crippen LogP contribution in [-0.4, -0.2) is 33.5 Å². The average Bonchev–Trinajstić information content (AvgIpc) is 3.37. The molecule has 1 aliphatic heterocycles. The van der Waals surface area contributed by atoms with E-state index in [1.54, 1.807) is 0 Å². The van der Waals surface area contributed by atoms with Gasteiger partial charge in [-0.2, -0.15) is 0 Å². The van der Waals surface area contributed by atoms with Gasteiger partial charge in [0.05, 0.1) is 22.0 Å². The minimum atomic E-state index is -3.93. The summed E-state index contributed by atoms with van der Waals surface area (Å²) in [7, 11) is -3.93. The first-order valence-electron chi connectivity index (χ1n) is 7.28. The second-order valence-electron chi connectivity index (χ2n) is 5.44. The molecule has 3 rings (SSSR count). The maximum atomic E-state index is 13.3. The first-order chi connectivity index (χ1) is 11.4. The Morgan fingerprint density at radius 2 is 1.96 bits per heavy atom. The average molecular weight is 350 g/mol. The van der Waals surface area contributed by atoms with Crippen molar-refractivity contribution in [2.24, 2.45) is 0 Å². The lowest BCUT2D eigenvalue weighted by Crippen LogP contribution is -2.09. The topological polar surface area (TPSA) is 73.0 Å². The summed E-state index contributed by atoms with van der Waals surface area (Å²) in [5.41, 5.74) is 0.160. The lowest BCUT2D eigenvalue weighted by molar-refractivity contribution is 0.101. The molecule has 7 heteroatoms. The number of hydrogen-bond acceptors (Lipinski definition) is 5. The predicted octanol–water partition coefficient (Wildman–Crippen LogP) is 2.64. The third-order valence-electron chi connectivity index (χ3n) is 3.57. The highest BCUT2D eigenvalue weighted by atomic mass is 32.2. The van der Waals surface area contributed by atoms with E-state index < -0.39 is 15.7 Å². The molecule has 2 aromatic carbocycles. The lowest BCUT2D eigenvalue weighted by Gasteiger charge is -2.11. The number of ketones is 1. The summed E-state index contributed by atoms with van der Waals surface area (Å²) in [6.07, 6.45) is 0.0144. The normalized spacial score (nSPS) is 16.7. The van der Waals surface area contributed by atoms with Crippen molar-refractivity contribution >= 4 is 15.6 Å². The van der Waals surface area contributed by atoms with Gasteiger partial charge < -0.3 is 9.47 Å². The maximum absolute atomic E-state index is 13.3. The Balaban J connectivity index is 1.98. The molecule has 1 heterocycles. The molecular formula is C17H15FO5S. The molecule has 1 saturated heterocycles. The number of Topliss-reactive ketones (excluding diaryl/α,β-unsaturated/α-hetero) is 1. The van der Waals surface area contributed by atoms with Crippen molar-refractivity contribution in [1.29, 1.82) is 0 Å². The molecule has 0 saturated carbocycles. The number of hydrogen-bond donors (Lipinski definition) is 0. The molecule has 0 radical (unpaired) electrons. The van der Waals surface area contributed by atoms with Crippen LogP contribution in [0.5, 0.6) is 5.75 Å². The van der Waals surface area contributed by atoms with Gasteiger partial charge in [-0.05, 0) is 43.3 Å². The fourth-order valence-corrected chi connectivity index (χ4v) is 3.51. The van der Waals surface area contributed by atoms with Crippen molar-refractivity contribution in [2.75, 3.05) is 13.2 Å². The van der Waals surface area contributed by atoms with E-state index in [1.807, 2.05) is 0 Å². The molecule has 2 aromatic rings. The SMILES string of the molecule is CC(=O)c1cc(S(=O)(=O)c2cccc(F)c2)ccc1OCC1CO1. The van der Waals surface area contributed by atoms with Crippen molar-refractivity contribution in [3.63, 3.8) is 0 Å². The van der Waals surface area contributed by atoms with E-state index in [-0.39, 0.29) is 27.2 Å². The van der Waals surface area contributed by atoms with Gasteiger partial charge in [-0.3, -0.25) is 4.79 Å². The van der Waals surface area contributed by atoms with Crippen molar-refractivity contribution < 1.29 is 27.1 Å². The van der Waals surface area contributed by atoms with Gasteiger partial charge >= 0.3 is 0 Å². The largest absolute Gasteiger partial charge is 0.490 e. The molecule has 0 amide bonds. The highest BCUT2D eigenvalue weighted by Crippen LogP contribution is 2.28. The molecule has 5 nitrogen and oxygen atoms in total. The number of carbonyl (C=O) groups excluding carboxylic acids is 1. The van der Waals surface area contributed by atoms with Crippen LogP contribution in [0.1, 0.15) is 17.3 Å². The van der Waals surface area contributed by atoms with Gasteiger partial charge in [-0.25, -0.2) is 12.8 Å². The molecule has 0 spiro atoms. The Kier molecular flexibility index (Phi) is 4.38. The molecule has 126 valence electrons. The summed E-state index contributed by atoms with van der Waals surface area (Å²) in [4.78, 5) is 11.6. The first-order valence-corrected chi connectivity index (χ1v) is 8.76. The molecule has 0 bridgehead atoms. The highest BCUT2D eigenvalue weighted by molar-refractivity contribution is 7.91. The summed E-state index contributed by atoms with van der Waals surface area (Å²) >= 11 is 0. The van der Waals surface area contributed by atoms with Crippen molar-refractivity contribution in [1.82, 2.24) is 0 Å². The molecule has 0 aromatic heterocycles. The standard InChI is InChI=1S/C17H15FO5S/c1-11(19)16-8-15(5-6-17(16)23-10-13-9-22-13)24(20,21)14-4-2-3-12(18)7-14/h2-8,13H,9-10H2,1H3. The zero-order chi connectivity index (χ0) is 17.3. The molecule has 24 heavy (non-hydrogen) atoms. The third kappa shape index (κ3) is 3.47. The molecule has 1 aliphatic rings. The van der Waals surface area contributed by atoms with E-state index in [0.717, 1.165) is 12.1 Å². The van der Waals surface area contributed by atoms with Gasteiger partial charge in [0.2, 0.25) is 9.84 Å². The molecular weight excluding hydrogens is 335 g/mol. The maximum Gasteiger partial charge on any atom is 0.206 e. The first kappa shape index (κ1) is 16.6. The second-order valence-corrected chi connectivity index (χ2v) is 7.39. The monoisotopic (exact) mass is 350 g/mol. The van der Waals surface area contributed by atoms with Gasteiger partial charge in [0.1, 0.15) is 24.3 Å². The van der Waals surface area contributed by atoms with Crippen LogP contribution in [0, 0.1) is 5.82 Å². The van der Waals surface area contributed by atoms with Crippen LogP contribution >= 0.6 is 0 Å². The highest BCUT2D eigenvalue weighted by Gasteiger charge is 2.25.